The number of aliphatic hydroxyl groups excluding tert-OH is 1. The Bertz CT molecular complexity index is 1230. The highest BCUT2D eigenvalue weighted by atomic mass is 31.2. The van der Waals surface area contributed by atoms with Crippen LogP contribution in [-0.2, 0) is 34.5 Å². The molecule has 16 nitrogen and oxygen atoms in total. The third kappa shape index (κ3) is 6.91. The number of nitro groups is 1. The number of nitrogen functional groups attached to an aromatic ring is 1. The number of hydrogen-bond donors (Lipinski definition) is 3. The van der Waals surface area contributed by atoms with Crippen LogP contribution in [0.5, 0.6) is 0 Å². The van der Waals surface area contributed by atoms with E-state index in [2.05, 4.69) is 19.8 Å². The topological polar surface area (TPSA) is 220 Å². The van der Waals surface area contributed by atoms with Gasteiger partial charge in [0.05, 0.1) is 25.2 Å². The first-order chi connectivity index (χ1) is 17.4. The van der Waals surface area contributed by atoms with Gasteiger partial charge in [-0.15, -0.1) is 0 Å². The van der Waals surface area contributed by atoms with Gasteiger partial charge in [-0.05, 0) is 24.6 Å². The zero-order chi connectivity index (χ0) is 27.3. The average Bonchev–Trinajstić information content (AvgIpc) is 3.14. The van der Waals surface area contributed by atoms with Crippen molar-refractivity contribution in [2.24, 2.45) is 0 Å². The minimum absolute atomic E-state index is 0.172. The van der Waals surface area contributed by atoms with Crippen LogP contribution in [0.25, 0.3) is 0 Å². The van der Waals surface area contributed by atoms with Crippen molar-refractivity contribution in [3.8, 4) is 0 Å². The lowest BCUT2D eigenvalue weighted by Gasteiger charge is -2.24. The van der Waals surface area contributed by atoms with Crippen LogP contribution in [0.1, 0.15) is 18.7 Å². The molecule has 0 saturated carbocycles. The lowest BCUT2D eigenvalue weighted by molar-refractivity contribution is -0.384. The van der Waals surface area contributed by atoms with Crippen LogP contribution in [-0.4, -0.2) is 68.7 Å². The van der Waals surface area contributed by atoms with Gasteiger partial charge in [-0.3, -0.25) is 28.5 Å². The van der Waals surface area contributed by atoms with E-state index in [9.17, 15) is 33.8 Å². The number of alkyl halides is 1. The molecular weight excluding hydrogens is 522 g/mol. The van der Waals surface area contributed by atoms with Gasteiger partial charge in [0.1, 0.15) is 24.6 Å². The van der Waals surface area contributed by atoms with Gasteiger partial charge in [-0.1, -0.05) is 0 Å². The number of anilines is 1. The fraction of sp³-hybridized carbons (Fsp3) is 0.474. The molecule has 1 saturated heterocycles. The first-order valence-corrected chi connectivity index (χ1v) is 12.1. The number of nitrogens with zero attached hydrogens (tertiary/aromatic N) is 4. The number of nitrogens with one attached hydrogen (secondary N) is 1. The fourth-order valence-electron chi connectivity index (χ4n) is 3.22. The maximum Gasteiger partial charge on any atom is 0.406 e. The minimum atomic E-state index is -4.35. The maximum absolute atomic E-state index is 14.7. The smallest absolute Gasteiger partial charge is 0.406 e. The molecular formula is C19H24FN6O10P. The van der Waals surface area contributed by atoms with Gasteiger partial charge < -0.3 is 20.3 Å². The number of non-ortho nitro benzene ring substituents is 1. The molecule has 1 aromatic carbocycles. The predicted octanol–water partition coefficient (Wildman–Crippen LogP) is 0.218. The molecule has 0 aliphatic carbocycles. The van der Waals surface area contributed by atoms with Crippen LogP contribution < -0.4 is 16.5 Å². The van der Waals surface area contributed by atoms with Crippen LogP contribution in [0.2, 0.25) is 0 Å². The van der Waals surface area contributed by atoms with Crippen LogP contribution in [0.4, 0.5) is 16.0 Å². The van der Waals surface area contributed by atoms with E-state index in [1.54, 1.807) is 0 Å². The summed E-state index contributed by atoms with van der Waals surface area (Å²) in [6.07, 6.45) is -6.07. The number of esters is 1. The van der Waals surface area contributed by atoms with Gasteiger partial charge in [0.25, 0.3) is 5.69 Å². The van der Waals surface area contributed by atoms with Gasteiger partial charge >= 0.3 is 19.4 Å². The molecule has 0 radical (unpaired) electrons. The number of rotatable bonds is 11. The van der Waals surface area contributed by atoms with Crippen LogP contribution in [0, 0.1) is 10.1 Å². The van der Waals surface area contributed by atoms with Crippen molar-refractivity contribution < 1.29 is 42.3 Å². The third-order valence-corrected chi connectivity index (χ3v) is 6.84. The van der Waals surface area contributed by atoms with E-state index < -0.39 is 61.6 Å². The standard InChI is InChI=1S/C19H24FN6O10P/c1-10(17(28)33-2)24-37(32,34-7-11-3-5-12(6-4-11)26(30)31)35-8-13-15(27)14(20)16(36-13)25-9-22-18(21)23-19(25)29/h3-6,9-10,13-16,27H,7-8H2,1-2H3,(H,24,32)(H2,21,23,29)/t10-,13+,14?,15?,16+,37?/m0/s1. The molecule has 1 fully saturated rings. The summed E-state index contributed by atoms with van der Waals surface area (Å²) in [4.78, 5) is 41.0. The lowest BCUT2D eigenvalue weighted by Crippen LogP contribution is -2.36. The Morgan fingerprint density at radius 1 is 1.41 bits per heavy atom. The van der Waals surface area contributed by atoms with Gasteiger partial charge in [0.2, 0.25) is 5.95 Å². The Morgan fingerprint density at radius 2 is 2.08 bits per heavy atom. The van der Waals surface area contributed by atoms with E-state index in [4.69, 9.17) is 19.5 Å². The average molecular weight is 546 g/mol. The quantitative estimate of drug-likeness (QED) is 0.149. The van der Waals surface area contributed by atoms with Crippen molar-refractivity contribution in [1.82, 2.24) is 19.6 Å². The summed E-state index contributed by atoms with van der Waals surface area (Å²) < 4.78 is 49.5. The molecule has 37 heavy (non-hydrogen) atoms. The van der Waals surface area contributed by atoms with E-state index in [0.717, 1.165) is 13.4 Å². The van der Waals surface area contributed by atoms with Gasteiger partial charge in [-0.25, -0.2) is 23.8 Å². The molecule has 4 N–H and O–H groups in total. The SMILES string of the molecule is COC(=O)[C@H](C)NP(=O)(OCc1ccc([N+](=O)[O-])cc1)OC[C@H]1O[C@@H](n2cnc(N)nc2=O)C(F)C1O. The minimum Gasteiger partial charge on any atom is -0.468 e. The molecule has 6 atom stereocenters. The third-order valence-electron chi connectivity index (χ3n) is 5.18. The molecule has 18 heteroatoms. The number of aliphatic hydroxyl groups is 1. The second-order valence-corrected chi connectivity index (χ2v) is 9.54. The molecule has 0 spiro atoms. The van der Waals surface area contributed by atoms with Crippen LogP contribution >= 0.6 is 7.75 Å². The van der Waals surface area contributed by atoms with E-state index in [-0.39, 0.29) is 18.2 Å². The zero-order valence-corrected chi connectivity index (χ0v) is 20.4. The van der Waals surface area contributed by atoms with Crippen molar-refractivity contribution in [2.45, 2.75) is 44.2 Å². The summed E-state index contributed by atoms with van der Waals surface area (Å²) in [7, 11) is -3.25. The number of hydrogen-bond acceptors (Lipinski definition) is 13. The number of nitro benzene ring substituents is 1. The normalized spacial score (nSPS) is 23.8. The maximum atomic E-state index is 14.7. The Labute approximate surface area is 208 Å². The molecule has 2 aromatic rings. The molecule has 0 amide bonds. The molecule has 0 bridgehead atoms. The van der Waals surface area contributed by atoms with Crippen molar-refractivity contribution >= 4 is 25.4 Å². The lowest BCUT2D eigenvalue weighted by atomic mass is 10.1. The largest absolute Gasteiger partial charge is 0.468 e. The van der Waals surface area contributed by atoms with Gasteiger partial charge in [0, 0.05) is 12.1 Å². The Morgan fingerprint density at radius 3 is 2.68 bits per heavy atom. The number of carbonyl (C=O) groups excluding carboxylic acids is 1. The van der Waals surface area contributed by atoms with Crippen LogP contribution in [0.15, 0.2) is 35.4 Å². The highest BCUT2D eigenvalue weighted by molar-refractivity contribution is 7.51. The first-order valence-electron chi connectivity index (χ1n) is 10.6. The van der Waals surface area contributed by atoms with E-state index >= 15 is 0 Å². The number of nitrogens with two attached hydrogens (primary N) is 1. The number of ether oxygens (including phenoxy) is 2. The fourth-order valence-corrected chi connectivity index (χ4v) is 4.68. The summed E-state index contributed by atoms with van der Waals surface area (Å²) in [5.41, 5.74) is 4.55. The van der Waals surface area contributed by atoms with Gasteiger partial charge in [0.15, 0.2) is 12.4 Å². The molecule has 3 unspecified atom stereocenters. The zero-order valence-electron chi connectivity index (χ0n) is 19.5. The molecule has 1 aromatic heterocycles. The van der Waals surface area contributed by atoms with Crippen molar-refractivity contribution in [3.05, 3.63) is 56.8 Å². The summed E-state index contributed by atoms with van der Waals surface area (Å²) in [5, 5.41) is 23.5. The van der Waals surface area contributed by atoms with Crippen LogP contribution in [0.3, 0.4) is 0 Å². The Balaban J connectivity index is 1.73. The number of aromatic nitrogens is 3. The molecule has 1 aliphatic heterocycles. The van der Waals surface area contributed by atoms with Crippen molar-refractivity contribution in [3.63, 3.8) is 0 Å². The first kappa shape index (κ1) is 28.2. The predicted molar refractivity (Wildman–Crippen MR) is 122 cm³/mol. The monoisotopic (exact) mass is 546 g/mol. The van der Waals surface area contributed by atoms with Gasteiger partial charge in [-0.2, -0.15) is 4.98 Å². The highest BCUT2D eigenvalue weighted by Crippen LogP contribution is 2.46. The number of halogens is 1. The second-order valence-electron chi connectivity index (χ2n) is 7.77. The number of methoxy groups -OCH3 is 1. The van der Waals surface area contributed by atoms with E-state index in [1.165, 1.54) is 31.2 Å². The van der Waals surface area contributed by atoms with Crippen molar-refractivity contribution in [1.29, 1.82) is 0 Å². The Kier molecular flexibility index (Phi) is 9.01. The number of benzene rings is 1. The second kappa shape index (κ2) is 11.8. The summed E-state index contributed by atoms with van der Waals surface area (Å²) in [6.45, 7) is 0.261. The molecule has 2 heterocycles. The van der Waals surface area contributed by atoms with E-state index in [1.807, 2.05) is 0 Å². The van der Waals surface area contributed by atoms with E-state index in [0.29, 0.717) is 10.1 Å². The summed E-state index contributed by atoms with van der Waals surface area (Å²) in [5.74, 6) is -1.14. The van der Waals surface area contributed by atoms with Crippen molar-refractivity contribution in [2.75, 3.05) is 19.5 Å². The molecule has 3 rings (SSSR count). The highest BCUT2D eigenvalue weighted by Gasteiger charge is 2.47. The molecule has 1 aliphatic rings. The number of carbonyl (C=O) groups is 1. The summed E-state index contributed by atoms with van der Waals surface area (Å²) >= 11 is 0. The summed E-state index contributed by atoms with van der Waals surface area (Å²) in [6, 6.07) is 3.97. The molecule has 202 valence electrons. The Hall–Kier alpha value is -3.34.